The molecule has 4 rings (SSSR count). The molecule has 2 heterocycles. The van der Waals surface area contributed by atoms with Crippen LogP contribution in [0.4, 0.5) is 28.3 Å². The van der Waals surface area contributed by atoms with Gasteiger partial charge in [-0.2, -0.15) is 25.3 Å². The molecule has 19 heteroatoms. The minimum atomic E-state index is -0.205. The molecule has 0 saturated heterocycles. The van der Waals surface area contributed by atoms with Gasteiger partial charge < -0.3 is 31.7 Å². The fraction of sp³-hybridized carbons (Fsp3) is 0.240. The van der Waals surface area contributed by atoms with Gasteiger partial charge in [-0.25, -0.2) is 14.9 Å². The van der Waals surface area contributed by atoms with Gasteiger partial charge in [0.05, 0.1) is 30.6 Å². The number of nitrogens with two attached hydrogens (primary N) is 1. The molecular formula is C25H29Br2Cl3N12O2. The number of nitrogens with zero attached hydrogens (tertiary/aromatic N) is 7. The molecule has 7 N–H and O–H groups in total. The topological polar surface area (TPSA) is 207 Å². The van der Waals surface area contributed by atoms with Gasteiger partial charge in [0.15, 0.2) is 0 Å². The molecule has 2 amide bonds. The molecule has 44 heavy (non-hydrogen) atoms. The molecule has 0 saturated carbocycles. The number of carbonyl (C=O) groups is 1. The van der Waals surface area contributed by atoms with Crippen LogP contribution >= 0.6 is 66.7 Å². The smallest absolute Gasteiger partial charge is 0.321 e. The summed E-state index contributed by atoms with van der Waals surface area (Å²) in [6.45, 7) is 5.44. The van der Waals surface area contributed by atoms with Gasteiger partial charge in [-0.05, 0) is 87.6 Å². The third-order valence-electron chi connectivity index (χ3n) is 4.43. The van der Waals surface area contributed by atoms with E-state index < -0.39 is 0 Å². The van der Waals surface area contributed by atoms with Crippen LogP contribution < -0.4 is 21.7 Å². The zero-order valence-corrected chi connectivity index (χ0v) is 29.3. The number of H-pyrrole nitrogens is 1. The van der Waals surface area contributed by atoms with Crippen LogP contribution in [0.1, 0.15) is 19.4 Å². The SMILES string of the molecule is CCNc1nc(Cl)nc(NCC)n1.CN(C)C(=O)Nc1ccc(Cl)c(Cl)c1.N#Cc1cc(Br)c(O)c(Br)c1.Nc1ncn[nH]1. The summed E-state index contributed by atoms with van der Waals surface area (Å²) < 4.78 is 1.03. The molecule has 0 radical (unpaired) electrons. The van der Waals surface area contributed by atoms with Crippen molar-refractivity contribution in [1.29, 1.82) is 5.26 Å². The van der Waals surface area contributed by atoms with E-state index >= 15 is 0 Å². The number of urea groups is 1. The van der Waals surface area contributed by atoms with Crippen molar-refractivity contribution in [3.8, 4) is 11.8 Å². The molecule has 4 aromatic rings. The van der Waals surface area contributed by atoms with Gasteiger partial charge in [-0.15, -0.1) is 0 Å². The van der Waals surface area contributed by atoms with Gasteiger partial charge in [0.1, 0.15) is 12.1 Å². The highest BCUT2D eigenvalue weighted by atomic mass is 79.9. The fourth-order valence-electron chi connectivity index (χ4n) is 2.48. The third kappa shape index (κ3) is 14.7. The third-order valence-corrected chi connectivity index (χ3v) is 6.55. The predicted molar refractivity (Wildman–Crippen MR) is 181 cm³/mol. The van der Waals surface area contributed by atoms with Gasteiger partial charge in [-0.1, -0.05) is 23.2 Å². The van der Waals surface area contributed by atoms with Crippen LogP contribution in [0.3, 0.4) is 0 Å². The Balaban J connectivity index is 0.000000303. The predicted octanol–water partition coefficient (Wildman–Crippen LogP) is 6.65. The number of aromatic nitrogens is 6. The summed E-state index contributed by atoms with van der Waals surface area (Å²) in [4.78, 5) is 28.1. The summed E-state index contributed by atoms with van der Waals surface area (Å²) >= 11 is 23.4. The number of phenols is 1. The van der Waals surface area contributed by atoms with E-state index in [9.17, 15) is 9.90 Å². The highest BCUT2D eigenvalue weighted by Crippen LogP contribution is 2.33. The largest absolute Gasteiger partial charge is 0.506 e. The van der Waals surface area contributed by atoms with Crippen molar-refractivity contribution in [3.63, 3.8) is 0 Å². The first-order valence-corrected chi connectivity index (χ1v) is 15.0. The van der Waals surface area contributed by atoms with E-state index in [-0.39, 0.29) is 17.1 Å². The van der Waals surface area contributed by atoms with E-state index in [1.54, 1.807) is 44.4 Å². The zero-order valence-electron chi connectivity index (χ0n) is 23.8. The number of nitrogen functional groups attached to an aromatic ring is 1. The molecule has 0 atom stereocenters. The summed E-state index contributed by atoms with van der Waals surface area (Å²) in [5, 5.41) is 33.3. The number of nitriles is 1. The second-order valence-corrected chi connectivity index (χ2v) is 10.9. The molecule has 0 aliphatic heterocycles. The maximum Gasteiger partial charge on any atom is 0.321 e. The summed E-state index contributed by atoms with van der Waals surface area (Å²) in [6.07, 6.45) is 1.36. The first kappa shape index (κ1) is 38.4. The molecular weight excluding hydrogens is 767 g/mol. The number of amides is 2. The van der Waals surface area contributed by atoms with Crippen LogP contribution in [0.5, 0.6) is 5.75 Å². The quantitative estimate of drug-likeness (QED) is 0.126. The van der Waals surface area contributed by atoms with E-state index in [1.165, 1.54) is 11.2 Å². The number of hydrogen-bond donors (Lipinski definition) is 6. The summed E-state index contributed by atoms with van der Waals surface area (Å²) in [5.41, 5.74) is 6.17. The molecule has 0 unspecified atom stereocenters. The Morgan fingerprint density at radius 3 is 1.98 bits per heavy atom. The van der Waals surface area contributed by atoms with E-state index in [0.29, 0.717) is 48.1 Å². The van der Waals surface area contributed by atoms with Crippen molar-refractivity contribution in [1.82, 2.24) is 35.0 Å². The van der Waals surface area contributed by atoms with Crippen molar-refractivity contribution in [3.05, 3.63) is 66.5 Å². The molecule has 2 aromatic carbocycles. The molecule has 0 aliphatic rings. The fourth-order valence-corrected chi connectivity index (χ4v) is 4.12. The van der Waals surface area contributed by atoms with Gasteiger partial charge in [0.25, 0.3) is 0 Å². The van der Waals surface area contributed by atoms with Gasteiger partial charge in [-0.3, -0.25) is 0 Å². The molecule has 236 valence electrons. The molecule has 0 fully saturated rings. The van der Waals surface area contributed by atoms with E-state index in [2.05, 4.69) is 77.9 Å². The minimum Gasteiger partial charge on any atom is -0.506 e. The number of nitrogens with one attached hydrogen (secondary N) is 4. The summed E-state index contributed by atoms with van der Waals surface area (Å²) in [7, 11) is 3.32. The van der Waals surface area contributed by atoms with E-state index in [4.69, 9.17) is 45.8 Å². The van der Waals surface area contributed by atoms with Crippen LogP contribution in [0.2, 0.25) is 15.3 Å². The summed E-state index contributed by atoms with van der Waals surface area (Å²) in [5.74, 6) is 1.47. The maximum absolute atomic E-state index is 11.2. The van der Waals surface area contributed by atoms with Crippen molar-refractivity contribution in [2.45, 2.75) is 13.8 Å². The Morgan fingerprint density at radius 1 is 1.02 bits per heavy atom. The lowest BCUT2D eigenvalue weighted by Crippen LogP contribution is -2.27. The minimum absolute atomic E-state index is 0.115. The Bertz CT molecular complexity index is 1480. The highest BCUT2D eigenvalue weighted by Gasteiger charge is 2.06. The molecule has 0 bridgehead atoms. The average molecular weight is 796 g/mol. The Morgan fingerprint density at radius 2 is 1.59 bits per heavy atom. The lowest BCUT2D eigenvalue weighted by Gasteiger charge is -2.12. The van der Waals surface area contributed by atoms with Gasteiger partial charge in [0, 0.05) is 32.9 Å². The van der Waals surface area contributed by atoms with Crippen molar-refractivity contribution in [2.24, 2.45) is 0 Å². The first-order valence-electron chi connectivity index (χ1n) is 12.3. The second kappa shape index (κ2) is 20.4. The van der Waals surface area contributed by atoms with Crippen molar-refractivity contribution in [2.75, 3.05) is 48.9 Å². The number of halogens is 5. The van der Waals surface area contributed by atoms with Crippen LogP contribution in [0.15, 0.2) is 45.6 Å². The normalized spacial score (nSPS) is 9.45. The van der Waals surface area contributed by atoms with E-state index in [1.807, 2.05) is 19.9 Å². The van der Waals surface area contributed by atoms with E-state index in [0.717, 1.165) is 13.1 Å². The molecule has 14 nitrogen and oxygen atoms in total. The van der Waals surface area contributed by atoms with Crippen LogP contribution in [-0.2, 0) is 0 Å². The molecule has 0 spiro atoms. The maximum atomic E-state index is 11.2. The lowest BCUT2D eigenvalue weighted by molar-refractivity contribution is 0.230. The number of phenolic OH excluding ortho intramolecular Hbond substituents is 1. The first-order chi connectivity index (χ1) is 20.8. The number of aromatic amines is 1. The standard InChI is InChI=1S/C9H10Cl2N2O.C7H3Br2NO.C7H12ClN5.C2H4N4/c1-13(2)9(14)12-6-3-4-7(10)8(11)5-6;8-5-1-4(3-10)2-6(9)7(5)11;1-3-9-6-11-5(8)12-7(13-6)10-4-2;3-2-4-1-5-6-2/h3-5H,1-2H3,(H,12,14);1-2,11H;3-4H2,1-2H3,(H2,9,10,11,12,13);1H,(H3,3,4,5,6). The highest BCUT2D eigenvalue weighted by molar-refractivity contribution is 9.11. The lowest BCUT2D eigenvalue weighted by atomic mass is 10.2. The van der Waals surface area contributed by atoms with Crippen LogP contribution in [0.25, 0.3) is 0 Å². The van der Waals surface area contributed by atoms with Gasteiger partial charge in [0.2, 0.25) is 23.1 Å². The monoisotopic (exact) mass is 792 g/mol. The average Bonchev–Trinajstić information content (AvgIpc) is 3.45. The summed E-state index contributed by atoms with van der Waals surface area (Å²) in [6, 6.07) is 9.80. The van der Waals surface area contributed by atoms with Crippen molar-refractivity contribution < 1.29 is 9.90 Å². The van der Waals surface area contributed by atoms with Crippen LogP contribution in [-0.4, -0.2) is 73.4 Å². The Hall–Kier alpha value is -3.62. The van der Waals surface area contributed by atoms with Crippen LogP contribution in [0, 0.1) is 11.3 Å². The number of hydrogen-bond acceptors (Lipinski definition) is 11. The number of aromatic hydroxyl groups is 1. The van der Waals surface area contributed by atoms with Crippen molar-refractivity contribution >= 4 is 96.2 Å². The Kier molecular flexibility index (Phi) is 17.8. The number of rotatable bonds is 5. The number of anilines is 4. The van der Waals surface area contributed by atoms with Gasteiger partial charge >= 0.3 is 6.03 Å². The second-order valence-electron chi connectivity index (χ2n) is 8.04. The molecule has 2 aromatic heterocycles. The number of carbonyl (C=O) groups excluding carboxylic acids is 1. The Labute approximate surface area is 286 Å². The molecule has 0 aliphatic carbocycles. The number of benzene rings is 2. The zero-order chi connectivity index (χ0) is 33.2.